The van der Waals surface area contributed by atoms with Crippen LogP contribution in [0.25, 0.3) is 45.1 Å². The van der Waals surface area contributed by atoms with Crippen molar-refractivity contribution in [2.24, 2.45) is 0 Å². The minimum atomic E-state index is -0.417. The molecule has 0 saturated heterocycles. The van der Waals surface area contributed by atoms with E-state index >= 15 is 0 Å². The predicted octanol–water partition coefficient (Wildman–Crippen LogP) is 7.96. The van der Waals surface area contributed by atoms with Gasteiger partial charge in [-0.15, -0.1) is 0 Å². The SMILES string of the molecule is Cc1ccc2nc(-c3ccc(-c4nc(-c5c(F)cccc5Cl)[nH]c4Br)cc3)n(C3CC3)c2c1. The number of fused-ring (bicyclic) bond motifs is 1. The molecule has 0 spiro atoms. The third-order valence-electron chi connectivity index (χ3n) is 6.03. The molecule has 1 fully saturated rings. The van der Waals surface area contributed by atoms with Crippen LogP contribution in [0.5, 0.6) is 0 Å². The lowest BCUT2D eigenvalue weighted by Gasteiger charge is -2.08. The summed E-state index contributed by atoms with van der Waals surface area (Å²) >= 11 is 9.76. The van der Waals surface area contributed by atoms with Crippen LogP contribution in [0, 0.1) is 12.7 Å². The molecule has 5 aromatic rings. The lowest BCUT2D eigenvalue weighted by atomic mass is 10.1. The van der Waals surface area contributed by atoms with Crippen molar-refractivity contribution < 1.29 is 4.39 Å². The molecule has 3 aromatic carbocycles. The van der Waals surface area contributed by atoms with Crippen molar-refractivity contribution >= 4 is 38.6 Å². The number of nitrogens with one attached hydrogen (secondary N) is 1. The highest BCUT2D eigenvalue weighted by atomic mass is 79.9. The van der Waals surface area contributed by atoms with Crippen molar-refractivity contribution in [3.05, 3.63) is 81.7 Å². The minimum absolute atomic E-state index is 0.260. The Hall–Kier alpha value is -2.96. The minimum Gasteiger partial charge on any atom is -0.332 e. The van der Waals surface area contributed by atoms with Crippen LogP contribution in [0.3, 0.4) is 0 Å². The fourth-order valence-corrected chi connectivity index (χ4v) is 5.03. The van der Waals surface area contributed by atoms with Crippen LogP contribution in [0.4, 0.5) is 4.39 Å². The molecule has 1 saturated carbocycles. The second-order valence-corrected chi connectivity index (χ2v) is 9.65. The lowest BCUT2D eigenvalue weighted by Crippen LogP contribution is -1.97. The summed E-state index contributed by atoms with van der Waals surface area (Å²) in [5, 5.41) is 0.312. The average Bonchev–Trinajstić information content (AvgIpc) is 3.46. The number of rotatable bonds is 4. The Morgan fingerprint density at radius 2 is 1.79 bits per heavy atom. The van der Waals surface area contributed by atoms with Gasteiger partial charge in [0.05, 0.1) is 21.6 Å². The van der Waals surface area contributed by atoms with E-state index in [0.29, 0.717) is 27.2 Å². The first kappa shape index (κ1) is 20.6. The molecular weight excluding hydrogens is 503 g/mol. The normalized spacial score (nSPS) is 13.7. The van der Waals surface area contributed by atoms with Crippen LogP contribution in [0.1, 0.15) is 24.4 Å². The van der Waals surface area contributed by atoms with Gasteiger partial charge in [-0.1, -0.05) is 48.0 Å². The zero-order chi connectivity index (χ0) is 22.7. The van der Waals surface area contributed by atoms with Gasteiger partial charge in [0, 0.05) is 17.2 Å². The van der Waals surface area contributed by atoms with E-state index in [1.165, 1.54) is 30.0 Å². The van der Waals surface area contributed by atoms with Crippen molar-refractivity contribution in [2.45, 2.75) is 25.8 Å². The summed E-state index contributed by atoms with van der Waals surface area (Å²) in [6.45, 7) is 2.11. The molecule has 1 aliphatic carbocycles. The maximum absolute atomic E-state index is 14.4. The first-order chi connectivity index (χ1) is 16.0. The van der Waals surface area contributed by atoms with E-state index in [1.54, 1.807) is 12.1 Å². The van der Waals surface area contributed by atoms with Crippen molar-refractivity contribution in [1.82, 2.24) is 19.5 Å². The number of hydrogen-bond acceptors (Lipinski definition) is 2. The summed E-state index contributed by atoms with van der Waals surface area (Å²) in [7, 11) is 0. The van der Waals surface area contributed by atoms with Crippen LogP contribution in [-0.2, 0) is 0 Å². The number of benzene rings is 3. The second-order valence-electron chi connectivity index (χ2n) is 8.45. The molecule has 1 aliphatic rings. The Morgan fingerprint density at radius 3 is 2.52 bits per heavy atom. The van der Waals surface area contributed by atoms with Crippen molar-refractivity contribution in [2.75, 3.05) is 0 Å². The maximum Gasteiger partial charge on any atom is 0.143 e. The second kappa shape index (κ2) is 7.82. The topological polar surface area (TPSA) is 46.5 Å². The summed E-state index contributed by atoms with van der Waals surface area (Å²) in [5.41, 5.74) is 6.37. The third kappa shape index (κ3) is 3.58. The molecule has 0 aliphatic heterocycles. The van der Waals surface area contributed by atoms with Gasteiger partial charge in [0.1, 0.15) is 27.8 Å². The standard InChI is InChI=1S/C26H19BrClFN4/c1-14-5-12-20-21(13-14)33(17-10-11-17)26(30-20)16-8-6-15(7-9-16)23-24(27)32-25(31-23)22-18(28)3-2-4-19(22)29/h2-9,12-13,17H,10-11H2,1H3,(H,31,32). The van der Waals surface area contributed by atoms with Gasteiger partial charge in [-0.05, 0) is 65.5 Å². The van der Waals surface area contributed by atoms with Gasteiger partial charge in [-0.3, -0.25) is 0 Å². The van der Waals surface area contributed by atoms with E-state index in [9.17, 15) is 4.39 Å². The van der Waals surface area contributed by atoms with Gasteiger partial charge in [0.2, 0.25) is 0 Å². The molecule has 1 N–H and O–H groups in total. The van der Waals surface area contributed by atoms with Crippen molar-refractivity contribution in [3.63, 3.8) is 0 Å². The van der Waals surface area contributed by atoms with Crippen molar-refractivity contribution in [3.8, 4) is 34.0 Å². The van der Waals surface area contributed by atoms with Gasteiger partial charge in [0.25, 0.3) is 0 Å². The van der Waals surface area contributed by atoms with Crippen LogP contribution >= 0.6 is 27.5 Å². The Bertz CT molecular complexity index is 1500. The van der Waals surface area contributed by atoms with E-state index < -0.39 is 5.82 Å². The molecule has 0 amide bonds. The van der Waals surface area contributed by atoms with Gasteiger partial charge in [0.15, 0.2) is 0 Å². The smallest absolute Gasteiger partial charge is 0.143 e. The van der Waals surface area contributed by atoms with Gasteiger partial charge in [-0.2, -0.15) is 0 Å². The Morgan fingerprint density at radius 1 is 1.03 bits per heavy atom. The lowest BCUT2D eigenvalue weighted by molar-refractivity contribution is 0.630. The molecule has 33 heavy (non-hydrogen) atoms. The van der Waals surface area contributed by atoms with E-state index in [0.717, 1.165) is 22.5 Å². The number of aryl methyl sites for hydroxylation is 1. The molecule has 6 rings (SSSR count). The molecule has 0 atom stereocenters. The predicted molar refractivity (Wildman–Crippen MR) is 134 cm³/mol. The van der Waals surface area contributed by atoms with E-state index in [2.05, 4.69) is 67.7 Å². The van der Waals surface area contributed by atoms with E-state index in [1.807, 2.05) is 12.1 Å². The number of nitrogens with zero attached hydrogens (tertiary/aromatic N) is 3. The molecule has 0 bridgehead atoms. The Kier molecular flexibility index (Phi) is 4.89. The first-order valence-electron chi connectivity index (χ1n) is 10.8. The summed E-state index contributed by atoms with van der Waals surface area (Å²) < 4.78 is 17.4. The fraction of sp³-hybridized carbons (Fsp3) is 0.154. The quantitative estimate of drug-likeness (QED) is 0.261. The van der Waals surface area contributed by atoms with Crippen molar-refractivity contribution in [1.29, 1.82) is 0 Å². The number of aromatic nitrogens is 4. The molecule has 2 heterocycles. The highest BCUT2D eigenvalue weighted by Crippen LogP contribution is 2.42. The molecule has 4 nitrogen and oxygen atoms in total. The highest BCUT2D eigenvalue weighted by molar-refractivity contribution is 9.10. The molecule has 0 unspecified atom stereocenters. The molecule has 0 radical (unpaired) electrons. The first-order valence-corrected chi connectivity index (χ1v) is 12.0. The number of H-pyrrole nitrogens is 1. The van der Waals surface area contributed by atoms with Gasteiger partial charge < -0.3 is 9.55 Å². The zero-order valence-electron chi connectivity index (χ0n) is 17.7. The molecular formula is C26H19BrClFN4. The molecule has 164 valence electrons. The van der Waals surface area contributed by atoms with Crippen LogP contribution in [0.2, 0.25) is 5.02 Å². The largest absolute Gasteiger partial charge is 0.332 e. The number of aromatic amines is 1. The maximum atomic E-state index is 14.4. The van der Waals surface area contributed by atoms with E-state index in [4.69, 9.17) is 16.6 Å². The Balaban J connectivity index is 1.40. The van der Waals surface area contributed by atoms with Gasteiger partial charge >= 0.3 is 0 Å². The number of hydrogen-bond donors (Lipinski definition) is 1. The molecule has 7 heteroatoms. The fourth-order valence-electron chi connectivity index (χ4n) is 4.27. The van der Waals surface area contributed by atoms with E-state index in [-0.39, 0.29) is 5.56 Å². The van der Waals surface area contributed by atoms with Crippen LogP contribution in [-0.4, -0.2) is 19.5 Å². The van der Waals surface area contributed by atoms with Gasteiger partial charge in [-0.25, -0.2) is 14.4 Å². The summed E-state index contributed by atoms with van der Waals surface area (Å²) in [5.74, 6) is 0.958. The van der Waals surface area contributed by atoms with Crippen LogP contribution in [0.15, 0.2) is 65.3 Å². The average molecular weight is 522 g/mol. The zero-order valence-corrected chi connectivity index (χ0v) is 20.1. The number of halogens is 3. The summed E-state index contributed by atoms with van der Waals surface area (Å²) in [4.78, 5) is 12.7. The summed E-state index contributed by atoms with van der Waals surface area (Å²) in [6, 6.07) is 19.7. The monoisotopic (exact) mass is 520 g/mol. The molecule has 2 aromatic heterocycles. The summed E-state index contributed by atoms with van der Waals surface area (Å²) in [6.07, 6.45) is 2.37. The third-order valence-corrected chi connectivity index (χ3v) is 6.92. The number of imidazole rings is 2. The Labute approximate surface area is 203 Å². The highest BCUT2D eigenvalue weighted by Gasteiger charge is 2.28. The van der Waals surface area contributed by atoms with Crippen LogP contribution < -0.4 is 0 Å².